The summed E-state index contributed by atoms with van der Waals surface area (Å²) in [7, 11) is 0. The minimum atomic E-state index is 0.658. The van der Waals surface area contributed by atoms with Gasteiger partial charge in [-0.25, -0.2) is 0 Å². The number of hydrogen-bond donors (Lipinski definition) is 0. The third-order valence-corrected chi connectivity index (χ3v) is 2.98. The predicted molar refractivity (Wildman–Crippen MR) is 62.9 cm³/mol. The molecule has 74 valence electrons. The lowest BCUT2D eigenvalue weighted by molar-refractivity contribution is 0.935. The van der Waals surface area contributed by atoms with Gasteiger partial charge in [0.05, 0.1) is 0 Å². The van der Waals surface area contributed by atoms with Gasteiger partial charge < -0.3 is 0 Å². The third-order valence-electron chi connectivity index (χ3n) is 1.77. The Morgan fingerprint density at radius 3 is 2.79 bits per heavy atom. The molecule has 0 unspecified atom stereocenters. The van der Waals surface area contributed by atoms with E-state index in [1.807, 2.05) is 17.5 Å². The second-order valence-corrected chi connectivity index (χ2v) is 4.50. The Hall–Kier alpha value is -0.360. The van der Waals surface area contributed by atoms with Gasteiger partial charge in [0.25, 0.3) is 0 Å². The topological polar surface area (TPSA) is 23.8 Å². The Morgan fingerprint density at radius 2 is 2.14 bits per heavy atom. The molecular weight excluding hydrogens is 237 g/mol. The van der Waals surface area contributed by atoms with Crippen LogP contribution >= 0.6 is 35.0 Å². The van der Waals surface area contributed by atoms with E-state index in [1.54, 1.807) is 6.07 Å². The molecular formula is C10H9Cl2NS. The molecule has 0 fully saturated rings. The molecule has 0 spiro atoms. The van der Waals surface area contributed by atoms with Gasteiger partial charge in [0.1, 0.15) is 5.40 Å². The van der Waals surface area contributed by atoms with Crippen LogP contribution in [0.3, 0.4) is 0 Å². The van der Waals surface area contributed by atoms with Crippen molar-refractivity contribution in [3.63, 3.8) is 0 Å². The summed E-state index contributed by atoms with van der Waals surface area (Å²) in [6.45, 7) is 0. The summed E-state index contributed by atoms with van der Waals surface area (Å²) in [5.41, 5.74) is 1.09. The van der Waals surface area contributed by atoms with Crippen molar-refractivity contribution in [2.45, 2.75) is 12.8 Å². The molecule has 0 aromatic heterocycles. The van der Waals surface area contributed by atoms with Crippen LogP contribution in [0, 0.1) is 10.7 Å². The molecule has 0 bridgehead atoms. The average molecular weight is 246 g/mol. The first kappa shape index (κ1) is 11.7. The summed E-state index contributed by atoms with van der Waals surface area (Å²) in [6.07, 6.45) is 1.85. The maximum atomic E-state index is 8.32. The molecule has 0 N–H and O–H groups in total. The second-order valence-electron chi connectivity index (χ2n) is 2.78. The van der Waals surface area contributed by atoms with Gasteiger partial charge in [0, 0.05) is 15.8 Å². The van der Waals surface area contributed by atoms with Crippen LogP contribution in [0.2, 0.25) is 10.0 Å². The highest BCUT2D eigenvalue weighted by atomic mass is 35.5. The highest BCUT2D eigenvalue weighted by Gasteiger charge is 2.00. The van der Waals surface area contributed by atoms with Gasteiger partial charge in [0.15, 0.2) is 0 Å². The monoisotopic (exact) mass is 245 g/mol. The number of halogens is 2. The molecule has 0 saturated heterocycles. The average Bonchev–Trinajstić information content (AvgIpc) is 2.15. The van der Waals surface area contributed by atoms with E-state index in [2.05, 4.69) is 0 Å². The Balaban J connectivity index is 2.47. The SMILES string of the molecule is N#CSCCCc1ccc(Cl)cc1Cl. The number of hydrogen-bond acceptors (Lipinski definition) is 2. The standard InChI is InChI=1S/C10H9Cl2NS/c11-9-4-3-8(10(12)6-9)2-1-5-14-7-13/h3-4,6H,1-2,5H2. The van der Waals surface area contributed by atoms with Crippen molar-refractivity contribution in [1.29, 1.82) is 5.26 Å². The summed E-state index contributed by atoms with van der Waals surface area (Å²) in [5, 5.41) is 11.7. The number of rotatable bonds is 4. The van der Waals surface area contributed by atoms with Gasteiger partial charge in [-0.05, 0) is 42.3 Å². The minimum absolute atomic E-state index is 0.658. The molecule has 0 saturated carbocycles. The molecule has 1 aromatic carbocycles. The van der Waals surface area contributed by atoms with Crippen LogP contribution in [0.25, 0.3) is 0 Å². The number of thiocyanates is 1. The van der Waals surface area contributed by atoms with Crippen molar-refractivity contribution in [3.8, 4) is 5.40 Å². The predicted octanol–water partition coefficient (Wildman–Crippen LogP) is 4.14. The molecule has 4 heteroatoms. The molecule has 1 aromatic rings. The fourth-order valence-corrected chi connectivity index (χ4v) is 1.99. The zero-order chi connectivity index (χ0) is 10.4. The lowest BCUT2D eigenvalue weighted by Crippen LogP contribution is -1.88. The largest absolute Gasteiger partial charge is 0.185 e. The Morgan fingerprint density at radius 1 is 1.36 bits per heavy atom. The number of thioether (sulfide) groups is 1. The molecule has 14 heavy (non-hydrogen) atoms. The Bertz CT molecular complexity index is 346. The van der Waals surface area contributed by atoms with E-state index in [0.29, 0.717) is 10.0 Å². The first-order chi connectivity index (χ1) is 6.74. The number of nitrogens with zero attached hydrogens (tertiary/aromatic N) is 1. The first-order valence-electron chi connectivity index (χ1n) is 4.19. The van der Waals surface area contributed by atoms with E-state index in [0.717, 1.165) is 24.2 Å². The molecule has 0 aliphatic rings. The van der Waals surface area contributed by atoms with E-state index < -0.39 is 0 Å². The number of aryl methyl sites for hydroxylation is 1. The maximum Gasteiger partial charge on any atom is 0.133 e. The van der Waals surface area contributed by atoms with Crippen LogP contribution in [0.1, 0.15) is 12.0 Å². The van der Waals surface area contributed by atoms with Crippen LogP contribution < -0.4 is 0 Å². The normalized spacial score (nSPS) is 9.79. The summed E-state index contributed by atoms with van der Waals surface area (Å²) in [5.74, 6) is 0.843. The molecule has 0 radical (unpaired) electrons. The fraction of sp³-hybridized carbons (Fsp3) is 0.300. The Kier molecular flexibility index (Phi) is 5.17. The fourth-order valence-electron chi connectivity index (χ4n) is 1.10. The van der Waals surface area contributed by atoms with E-state index in [9.17, 15) is 0 Å². The molecule has 1 rings (SSSR count). The van der Waals surface area contributed by atoms with Crippen molar-refractivity contribution in [1.82, 2.24) is 0 Å². The first-order valence-corrected chi connectivity index (χ1v) is 5.93. The van der Waals surface area contributed by atoms with Gasteiger partial charge in [-0.15, -0.1) is 0 Å². The Labute approximate surface area is 98.0 Å². The van der Waals surface area contributed by atoms with Crippen LogP contribution in [0.15, 0.2) is 18.2 Å². The van der Waals surface area contributed by atoms with Crippen molar-refractivity contribution >= 4 is 35.0 Å². The van der Waals surface area contributed by atoms with E-state index in [4.69, 9.17) is 28.5 Å². The summed E-state index contributed by atoms with van der Waals surface area (Å²) >= 11 is 13.0. The molecule has 0 heterocycles. The third kappa shape index (κ3) is 3.79. The highest BCUT2D eigenvalue weighted by molar-refractivity contribution is 8.03. The van der Waals surface area contributed by atoms with Crippen LogP contribution in [-0.2, 0) is 6.42 Å². The zero-order valence-electron chi connectivity index (χ0n) is 7.46. The lowest BCUT2D eigenvalue weighted by Gasteiger charge is -2.02. The smallest absolute Gasteiger partial charge is 0.133 e. The van der Waals surface area contributed by atoms with Gasteiger partial charge in [-0.1, -0.05) is 29.3 Å². The van der Waals surface area contributed by atoms with Crippen molar-refractivity contribution < 1.29 is 0 Å². The highest BCUT2D eigenvalue weighted by Crippen LogP contribution is 2.22. The quantitative estimate of drug-likeness (QED) is 0.588. The molecule has 0 atom stereocenters. The van der Waals surface area contributed by atoms with Crippen molar-refractivity contribution in [3.05, 3.63) is 33.8 Å². The minimum Gasteiger partial charge on any atom is -0.185 e. The number of nitriles is 1. The second kappa shape index (κ2) is 6.19. The molecule has 0 aliphatic carbocycles. The van der Waals surface area contributed by atoms with Gasteiger partial charge in [-0.3, -0.25) is 0 Å². The zero-order valence-corrected chi connectivity index (χ0v) is 9.79. The summed E-state index contributed by atoms with van der Waals surface area (Å²) in [6, 6.07) is 5.51. The van der Waals surface area contributed by atoms with Crippen LogP contribution in [-0.4, -0.2) is 5.75 Å². The molecule has 0 aliphatic heterocycles. The number of benzene rings is 1. The maximum absolute atomic E-state index is 8.32. The van der Waals surface area contributed by atoms with Gasteiger partial charge in [0.2, 0.25) is 0 Å². The van der Waals surface area contributed by atoms with Crippen LogP contribution in [0.4, 0.5) is 0 Å². The van der Waals surface area contributed by atoms with E-state index in [1.165, 1.54) is 11.8 Å². The summed E-state index contributed by atoms with van der Waals surface area (Å²) < 4.78 is 0. The molecule has 1 nitrogen and oxygen atoms in total. The molecule has 0 amide bonds. The van der Waals surface area contributed by atoms with Crippen LogP contribution in [0.5, 0.6) is 0 Å². The van der Waals surface area contributed by atoms with Crippen molar-refractivity contribution in [2.75, 3.05) is 5.75 Å². The lowest BCUT2D eigenvalue weighted by atomic mass is 10.1. The summed E-state index contributed by atoms with van der Waals surface area (Å²) in [4.78, 5) is 0. The van der Waals surface area contributed by atoms with Gasteiger partial charge >= 0.3 is 0 Å². The van der Waals surface area contributed by atoms with E-state index in [-0.39, 0.29) is 0 Å². The van der Waals surface area contributed by atoms with Crippen molar-refractivity contribution in [2.24, 2.45) is 0 Å². The van der Waals surface area contributed by atoms with E-state index >= 15 is 0 Å². The van der Waals surface area contributed by atoms with Gasteiger partial charge in [-0.2, -0.15) is 5.26 Å².